The van der Waals surface area contributed by atoms with Crippen LogP contribution >= 0.6 is 11.8 Å². The topological polar surface area (TPSA) is 49.4 Å². The van der Waals surface area contributed by atoms with E-state index in [1.54, 1.807) is 11.0 Å². The van der Waals surface area contributed by atoms with Gasteiger partial charge in [-0.05, 0) is 49.7 Å². The number of aryl methyl sites for hydroxylation is 1. The van der Waals surface area contributed by atoms with Gasteiger partial charge in [0.05, 0.1) is 11.4 Å². The minimum Gasteiger partial charge on any atom is -0.324 e. The summed E-state index contributed by atoms with van der Waals surface area (Å²) in [5, 5.41) is 2.83. The largest absolute Gasteiger partial charge is 0.324 e. The van der Waals surface area contributed by atoms with Crippen molar-refractivity contribution in [3.05, 3.63) is 53.6 Å². The molecule has 3 rings (SSSR count). The Labute approximate surface area is 139 Å². The third kappa shape index (κ3) is 3.24. The molecule has 0 saturated heterocycles. The Morgan fingerprint density at radius 3 is 2.83 bits per heavy atom. The molecule has 4 nitrogen and oxygen atoms in total. The van der Waals surface area contributed by atoms with Crippen molar-refractivity contribution in [2.45, 2.75) is 18.7 Å². The van der Waals surface area contributed by atoms with Crippen molar-refractivity contribution >= 4 is 35.0 Å². The lowest BCUT2D eigenvalue weighted by Gasteiger charge is -2.23. The molecular weight excluding hydrogens is 308 g/mol. The highest BCUT2D eigenvalue weighted by atomic mass is 32.2. The highest BCUT2D eigenvalue weighted by Gasteiger charge is 2.20. The minimum atomic E-state index is -0.0641. The van der Waals surface area contributed by atoms with Crippen molar-refractivity contribution in [2.75, 3.05) is 22.5 Å². The number of carbonyl (C=O) groups is 2. The minimum absolute atomic E-state index is 0.0295. The number of fused-ring (bicyclic) bond motifs is 1. The first kappa shape index (κ1) is 15.6. The summed E-state index contributed by atoms with van der Waals surface area (Å²) in [6.07, 6.45) is 0. The number of amides is 2. The van der Waals surface area contributed by atoms with E-state index in [1.165, 1.54) is 11.8 Å². The SMILES string of the molecule is CCN(C(=O)c1ccc2c(c1)NC(=O)CS2)c1cccc(C)c1. The van der Waals surface area contributed by atoms with Crippen LogP contribution in [0.2, 0.25) is 0 Å². The number of anilines is 2. The van der Waals surface area contributed by atoms with Gasteiger partial charge in [0.25, 0.3) is 5.91 Å². The van der Waals surface area contributed by atoms with E-state index < -0.39 is 0 Å². The van der Waals surface area contributed by atoms with Crippen molar-refractivity contribution in [2.24, 2.45) is 0 Å². The predicted octanol–water partition coefficient (Wildman–Crippen LogP) is 3.71. The highest BCUT2D eigenvalue weighted by molar-refractivity contribution is 8.00. The van der Waals surface area contributed by atoms with Crippen LogP contribution in [0.15, 0.2) is 47.4 Å². The predicted molar refractivity (Wildman–Crippen MR) is 94.3 cm³/mol. The molecule has 118 valence electrons. The van der Waals surface area contributed by atoms with Crippen LogP contribution in [0.5, 0.6) is 0 Å². The molecule has 0 saturated carbocycles. The van der Waals surface area contributed by atoms with Gasteiger partial charge in [-0.15, -0.1) is 11.8 Å². The van der Waals surface area contributed by atoms with Gasteiger partial charge in [-0.2, -0.15) is 0 Å². The molecule has 0 aromatic heterocycles. The van der Waals surface area contributed by atoms with Gasteiger partial charge in [-0.3, -0.25) is 9.59 Å². The lowest BCUT2D eigenvalue weighted by Crippen LogP contribution is -2.31. The van der Waals surface area contributed by atoms with Gasteiger partial charge >= 0.3 is 0 Å². The summed E-state index contributed by atoms with van der Waals surface area (Å²) in [6, 6.07) is 13.4. The van der Waals surface area contributed by atoms with Crippen molar-refractivity contribution in [3.63, 3.8) is 0 Å². The lowest BCUT2D eigenvalue weighted by atomic mass is 10.1. The molecule has 5 heteroatoms. The summed E-state index contributed by atoms with van der Waals surface area (Å²) in [5.74, 6) is 0.328. The van der Waals surface area contributed by atoms with Gasteiger partial charge in [0.15, 0.2) is 0 Å². The molecule has 1 aliphatic rings. The fourth-order valence-electron chi connectivity index (χ4n) is 2.61. The summed E-state index contributed by atoms with van der Waals surface area (Å²) in [7, 11) is 0. The summed E-state index contributed by atoms with van der Waals surface area (Å²) >= 11 is 1.49. The second-order valence-corrected chi connectivity index (χ2v) is 6.45. The van der Waals surface area contributed by atoms with Crippen LogP contribution in [0, 0.1) is 6.92 Å². The third-order valence-corrected chi connectivity index (χ3v) is 4.81. The monoisotopic (exact) mass is 326 g/mol. The molecule has 1 aliphatic heterocycles. The van der Waals surface area contributed by atoms with E-state index in [1.807, 2.05) is 50.2 Å². The van der Waals surface area contributed by atoms with Crippen molar-refractivity contribution in [1.29, 1.82) is 0 Å². The number of hydrogen-bond acceptors (Lipinski definition) is 3. The molecule has 0 spiro atoms. The average molecular weight is 326 g/mol. The second kappa shape index (κ2) is 6.46. The Hall–Kier alpha value is -2.27. The number of carbonyl (C=O) groups excluding carboxylic acids is 2. The first-order valence-electron chi connectivity index (χ1n) is 7.53. The molecule has 23 heavy (non-hydrogen) atoms. The van der Waals surface area contributed by atoms with E-state index in [0.717, 1.165) is 21.8 Å². The molecule has 0 bridgehead atoms. The summed E-state index contributed by atoms with van der Waals surface area (Å²) in [5.41, 5.74) is 3.30. The highest BCUT2D eigenvalue weighted by Crippen LogP contribution is 2.32. The smallest absolute Gasteiger partial charge is 0.258 e. The molecule has 0 atom stereocenters. The zero-order valence-electron chi connectivity index (χ0n) is 13.1. The number of benzene rings is 2. The molecule has 0 fully saturated rings. The summed E-state index contributed by atoms with van der Waals surface area (Å²) in [4.78, 5) is 27.1. The van der Waals surface area contributed by atoms with E-state index in [-0.39, 0.29) is 11.8 Å². The normalized spacial score (nSPS) is 13.2. The van der Waals surface area contributed by atoms with Crippen LogP contribution < -0.4 is 10.2 Å². The van der Waals surface area contributed by atoms with Crippen molar-refractivity contribution in [1.82, 2.24) is 0 Å². The van der Waals surface area contributed by atoms with E-state index in [9.17, 15) is 9.59 Å². The van der Waals surface area contributed by atoms with Gasteiger partial charge < -0.3 is 10.2 Å². The van der Waals surface area contributed by atoms with Gasteiger partial charge in [-0.1, -0.05) is 12.1 Å². The Bertz CT molecular complexity index is 773. The Morgan fingerprint density at radius 1 is 1.26 bits per heavy atom. The standard InChI is InChI=1S/C18H18N2O2S/c1-3-20(14-6-4-5-12(2)9-14)18(22)13-7-8-16-15(10-13)19-17(21)11-23-16/h4-10H,3,11H2,1-2H3,(H,19,21). The molecule has 1 heterocycles. The van der Waals surface area contributed by atoms with Crippen LogP contribution in [0.3, 0.4) is 0 Å². The zero-order chi connectivity index (χ0) is 16.4. The Kier molecular flexibility index (Phi) is 4.39. The first-order chi connectivity index (χ1) is 11.1. The maximum atomic E-state index is 12.9. The summed E-state index contributed by atoms with van der Waals surface area (Å²) < 4.78 is 0. The number of nitrogens with one attached hydrogen (secondary N) is 1. The zero-order valence-corrected chi connectivity index (χ0v) is 13.9. The molecule has 2 aromatic rings. The van der Waals surface area contributed by atoms with Crippen LogP contribution in [-0.4, -0.2) is 24.1 Å². The van der Waals surface area contributed by atoms with E-state index >= 15 is 0 Å². The quantitative estimate of drug-likeness (QED) is 0.935. The van der Waals surface area contributed by atoms with E-state index in [0.29, 0.717) is 17.9 Å². The van der Waals surface area contributed by atoms with Gasteiger partial charge in [0, 0.05) is 22.7 Å². The molecule has 0 radical (unpaired) electrons. The Balaban J connectivity index is 1.92. The van der Waals surface area contributed by atoms with Gasteiger partial charge in [-0.25, -0.2) is 0 Å². The lowest BCUT2D eigenvalue weighted by molar-refractivity contribution is -0.113. The molecule has 1 N–H and O–H groups in total. The molecule has 2 amide bonds. The second-order valence-electron chi connectivity index (χ2n) is 5.44. The van der Waals surface area contributed by atoms with E-state index in [4.69, 9.17) is 0 Å². The third-order valence-electron chi connectivity index (χ3n) is 3.73. The van der Waals surface area contributed by atoms with Crippen LogP contribution in [-0.2, 0) is 4.79 Å². The average Bonchev–Trinajstić information content (AvgIpc) is 2.54. The maximum Gasteiger partial charge on any atom is 0.258 e. The number of nitrogens with zero attached hydrogens (tertiary/aromatic N) is 1. The summed E-state index contributed by atoms with van der Waals surface area (Å²) in [6.45, 7) is 4.55. The number of hydrogen-bond donors (Lipinski definition) is 1. The Morgan fingerprint density at radius 2 is 2.09 bits per heavy atom. The van der Waals surface area contributed by atoms with Crippen molar-refractivity contribution < 1.29 is 9.59 Å². The number of thioether (sulfide) groups is 1. The number of rotatable bonds is 3. The first-order valence-corrected chi connectivity index (χ1v) is 8.52. The molecule has 2 aromatic carbocycles. The molecule has 0 unspecified atom stereocenters. The molecular formula is C18H18N2O2S. The van der Waals surface area contributed by atoms with Gasteiger partial charge in [0.2, 0.25) is 5.91 Å². The molecule has 0 aliphatic carbocycles. The van der Waals surface area contributed by atoms with Crippen molar-refractivity contribution in [3.8, 4) is 0 Å². The fourth-order valence-corrected chi connectivity index (χ4v) is 3.40. The van der Waals surface area contributed by atoms with Crippen LogP contribution in [0.25, 0.3) is 0 Å². The van der Waals surface area contributed by atoms with Gasteiger partial charge in [0.1, 0.15) is 0 Å². The maximum absolute atomic E-state index is 12.9. The van der Waals surface area contributed by atoms with E-state index in [2.05, 4.69) is 5.32 Å². The van der Waals surface area contributed by atoms with Crippen LogP contribution in [0.1, 0.15) is 22.8 Å². The fraction of sp³-hybridized carbons (Fsp3) is 0.222. The van der Waals surface area contributed by atoms with Crippen LogP contribution in [0.4, 0.5) is 11.4 Å².